The SMILES string of the molecule is CCCC(=O)c1cnc(N2C[C@H](CC)N(C3CCN(C(=O)OC(C)(C)C)CC3)C[C@H]2C)c(Cl)n1. The molecule has 0 N–H and O–H groups in total. The maximum absolute atomic E-state index is 12.4. The molecule has 0 spiro atoms. The number of piperidine rings is 1. The lowest BCUT2D eigenvalue weighted by Gasteiger charge is -2.50. The first-order valence-electron chi connectivity index (χ1n) is 12.6. The third-order valence-corrected chi connectivity index (χ3v) is 6.94. The fraction of sp³-hybridized carbons (Fsp3) is 0.760. The molecule has 2 aliphatic rings. The van der Waals surface area contributed by atoms with E-state index in [4.69, 9.17) is 16.3 Å². The number of nitrogens with zero attached hydrogens (tertiary/aromatic N) is 5. The van der Waals surface area contributed by atoms with E-state index in [1.807, 2.05) is 32.6 Å². The standard InChI is InChI=1S/C25H40ClN5O3/c1-7-9-21(32)20-14-27-23(22(26)28-20)30-16-18(8-2)31(15-17(30)3)19-10-12-29(13-11-19)24(33)34-25(4,5)6/h14,17-19H,7-13,15-16H2,1-6H3/t17-,18+/m1/s1. The lowest BCUT2D eigenvalue weighted by atomic mass is 9.96. The van der Waals surface area contributed by atoms with Crippen molar-refractivity contribution in [2.24, 2.45) is 0 Å². The van der Waals surface area contributed by atoms with E-state index < -0.39 is 5.60 Å². The molecule has 3 heterocycles. The number of hydrogen-bond acceptors (Lipinski definition) is 7. The van der Waals surface area contributed by atoms with E-state index in [9.17, 15) is 9.59 Å². The highest BCUT2D eigenvalue weighted by molar-refractivity contribution is 6.31. The van der Waals surface area contributed by atoms with Gasteiger partial charge in [0.25, 0.3) is 0 Å². The minimum atomic E-state index is -0.474. The highest BCUT2D eigenvalue weighted by Gasteiger charge is 2.38. The lowest BCUT2D eigenvalue weighted by Crippen LogP contribution is -2.62. The molecule has 0 radical (unpaired) electrons. The molecule has 1 amide bonds. The first kappa shape index (κ1) is 26.7. The van der Waals surface area contributed by atoms with Crippen LogP contribution in [0.2, 0.25) is 5.15 Å². The number of ketones is 1. The van der Waals surface area contributed by atoms with Crippen molar-refractivity contribution in [2.75, 3.05) is 31.1 Å². The predicted octanol–water partition coefficient (Wildman–Crippen LogP) is 4.80. The molecule has 2 saturated heterocycles. The highest BCUT2D eigenvalue weighted by atomic mass is 35.5. The number of anilines is 1. The molecule has 8 nitrogen and oxygen atoms in total. The average molecular weight is 494 g/mol. The van der Waals surface area contributed by atoms with Crippen LogP contribution in [0.1, 0.15) is 84.1 Å². The van der Waals surface area contributed by atoms with Crippen molar-refractivity contribution in [1.29, 1.82) is 0 Å². The van der Waals surface area contributed by atoms with Crippen LogP contribution in [0, 0.1) is 0 Å². The van der Waals surface area contributed by atoms with E-state index in [1.54, 1.807) is 6.20 Å². The number of rotatable bonds is 6. The molecule has 0 aliphatic carbocycles. The van der Waals surface area contributed by atoms with Crippen LogP contribution in [0.3, 0.4) is 0 Å². The summed E-state index contributed by atoms with van der Waals surface area (Å²) in [6, 6.07) is 0.994. The van der Waals surface area contributed by atoms with Crippen LogP contribution in [0.5, 0.6) is 0 Å². The smallest absolute Gasteiger partial charge is 0.410 e. The van der Waals surface area contributed by atoms with Crippen molar-refractivity contribution in [3.63, 3.8) is 0 Å². The molecule has 2 aliphatic heterocycles. The van der Waals surface area contributed by atoms with Gasteiger partial charge in [0.1, 0.15) is 11.3 Å². The summed E-state index contributed by atoms with van der Waals surface area (Å²) in [5.74, 6) is 0.630. The number of Topliss-reactive ketones (excluding diaryl/α,β-unsaturated/α-hetero) is 1. The van der Waals surface area contributed by atoms with E-state index in [0.717, 1.165) is 51.9 Å². The predicted molar refractivity (Wildman–Crippen MR) is 135 cm³/mol. The number of carbonyl (C=O) groups excluding carboxylic acids is 2. The van der Waals surface area contributed by atoms with Gasteiger partial charge in [-0.3, -0.25) is 9.69 Å². The quantitative estimate of drug-likeness (QED) is 0.526. The molecule has 2 atom stereocenters. The number of likely N-dealkylation sites (tertiary alicyclic amines) is 1. The van der Waals surface area contributed by atoms with Gasteiger partial charge in [-0.2, -0.15) is 0 Å². The van der Waals surface area contributed by atoms with Gasteiger partial charge in [0, 0.05) is 50.7 Å². The molecule has 0 saturated carbocycles. The molecule has 190 valence electrons. The first-order valence-corrected chi connectivity index (χ1v) is 13.0. The van der Waals surface area contributed by atoms with Crippen LogP contribution in [0.15, 0.2) is 6.20 Å². The van der Waals surface area contributed by atoms with E-state index in [1.165, 1.54) is 0 Å². The minimum absolute atomic E-state index is 0.0227. The molecule has 0 bridgehead atoms. The van der Waals surface area contributed by atoms with Crippen LogP contribution in [0.4, 0.5) is 10.6 Å². The van der Waals surface area contributed by atoms with Gasteiger partial charge in [-0.25, -0.2) is 14.8 Å². The zero-order chi connectivity index (χ0) is 25.0. The summed E-state index contributed by atoms with van der Waals surface area (Å²) in [6.07, 6.45) is 5.45. The Balaban J connectivity index is 1.65. The summed E-state index contributed by atoms with van der Waals surface area (Å²) in [4.78, 5) is 40.2. The maximum atomic E-state index is 12.4. The fourth-order valence-electron chi connectivity index (χ4n) is 4.92. The Morgan fingerprint density at radius 1 is 1.18 bits per heavy atom. The van der Waals surface area contributed by atoms with E-state index >= 15 is 0 Å². The Labute approximate surface area is 209 Å². The second-order valence-corrected chi connectivity index (χ2v) is 10.9. The van der Waals surface area contributed by atoms with Crippen molar-refractivity contribution in [3.8, 4) is 0 Å². The van der Waals surface area contributed by atoms with E-state index in [-0.39, 0.29) is 17.9 Å². The fourth-order valence-corrected chi connectivity index (χ4v) is 5.17. The number of aromatic nitrogens is 2. The third-order valence-electron chi connectivity index (χ3n) is 6.69. The summed E-state index contributed by atoms with van der Waals surface area (Å²) in [7, 11) is 0. The molecule has 34 heavy (non-hydrogen) atoms. The number of carbonyl (C=O) groups is 2. The van der Waals surface area contributed by atoms with Crippen molar-refractivity contribution < 1.29 is 14.3 Å². The van der Waals surface area contributed by atoms with Gasteiger partial charge in [0.2, 0.25) is 0 Å². The molecule has 9 heteroatoms. The zero-order valence-electron chi connectivity index (χ0n) is 21.5. The van der Waals surface area contributed by atoms with Crippen molar-refractivity contribution in [1.82, 2.24) is 19.8 Å². The average Bonchev–Trinajstić information content (AvgIpc) is 2.78. The van der Waals surface area contributed by atoms with Gasteiger partial charge >= 0.3 is 6.09 Å². The Kier molecular flexibility index (Phi) is 8.79. The van der Waals surface area contributed by atoms with Crippen molar-refractivity contribution in [2.45, 2.75) is 97.4 Å². The first-order chi connectivity index (χ1) is 16.0. The number of halogens is 1. The minimum Gasteiger partial charge on any atom is -0.444 e. The number of piperazine rings is 1. The summed E-state index contributed by atoms with van der Waals surface area (Å²) in [5.41, 5.74) is -0.135. The summed E-state index contributed by atoms with van der Waals surface area (Å²) in [5, 5.41) is 0.294. The van der Waals surface area contributed by atoms with E-state index in [2.05, 4.69) is 33.6 Å². The molecule has 0 aromatic carbocycles. The van der Waals surface area contributed by atoms with Gasteiger partial charge in [0.05, 0.1) is 6.20 Å². The summed E-state index contributed by atoms with van der Waals surface area (Å²) < 4.78 is 5.55. The molecule has 3 rings (SSSR count). The Morgan fingerprint density at radius 3 is 2.41 bits per heavy atom. The van der Waals surface area contributed by atoms with Gasteiger partial charge in [-0.1, -0.05) is 25.4 Å². The van der Waals surface area contributed by atoms with Crippen LogP contribution in [0.25, 0.3) is 0 Å². The molecular weight excluding hydrogens is 454 g/mol. The topological polar surface area (TPSA) is 78.9 Å². The summed E-state index contributed by atoms with van der Waals surface area (Å²) >= 11 is 6.51. The molecule has 0 unspecified atom stereocenters. The normalized spacial score (nSPS) is 22.7. The van der Waals surface area contributed by atoms with Crippen LogP contribution in [-0.4, -0.2) is 81.5 Å². The number of amides is 1. The third kappa shape index (κ3) is 6.39. The Bertz CT molecular complexity index is 867. The Hall–Kier alpha value is -1.93. The van der Waals surface area contributed by atoms with Crippen molar-refractivity contribution in [3.05, 3.63) is 17.0 Å². The highest BCUT2D eigenvalue weighted by Crippen LogP contribution is 2.31. The number of hydrogen-bond donors (Lipinski definition) is 0. The summed E-state index contributed by atoms with van der Waals surface area (Å²) in [6.45, 7) is 15.2. The molecule has 1 aromatic rings. The van der Waals surface area contributed by atoms with Gasteiger partial charge in [0.15, 0.2) is 16.8 Å². The molecule has 1 aromatic heterocycles. The Morgan fingerprint density at radius 2 is 1.85 bits per heavy atom. The lowest BCUT2D eigenvalue weighted by molar-refractivity contribution is 0.00757. The van der Waals surface area contributed by atoms with E-state index in [0.29, 0.717) is 35.2 Å². The van der Waals surface area contributed by atoms with Gasteiger partial charge in [-0.05, 0) is 53.4 Å². The van der Waals surface area contributed by atoms with Gasteiger partial charge in [-0.15, -0.1) is 0 Å². The van der Waals surface area contributed by atoms with Crippen LogP contribution in [-0.2, 0) is 4.74 Å². The monoisotopic (exact) mass is 493 g/mol. The van der Waals surface area contributed by atoms with Gasteiger partial charge < -0.3 is 14.5 Å². The van der Waals surface area contributed by atoms with Crippen LogP contribution >= 0.6 is 11.6 Å². The largest absolute Gasteiger partial charge is 0.444 e. The molecule has 2 fully saturated rings. The maximum Gasteiger partial charge on any atom is 0.410 e. The van der Waals surface area contributed by atoms with Crippen LogP contribution < -0.4 is 4.90 Å². The number of ether oxygens (including phenoxy) is 1. The van der Waals surface area contributed by atoms with Crippen molar-refractivity contribution >= 4 is 29.3 Å². The zero-order valence-corrected chi connectivity index (χ0v) is 22.3. The second-order valence-electron chi connectivity index (χ2n) is 10.5. The second kappa shape index (κ2) is 11.2. The molecular formula is C25H40ClN5O3.